The highest BCUT2D eigenvalue weighted by Crippen LogP contribution is 2.20. The summed E-state index contributed by atoms with van der Waals surface area (Å²) in [5.41, 5.74) is 5.86. The van der Waals surface area contributed by atoms with Gasteiger partial charge in [-0.2, -0.15) is 0 Å². The Labute approximate surface area is 122 Å². The number of amides is 1. The molecule has 1 unspecified atom stereocenters. The van der Waals surface area contributed by atoms with E-state index in [-0.39, 0.29) is 11.9 Å². The second kappa shape index (κ2) is 7.38. The zero-order valence-corrected chi connectivity index (χ0v) is 13.5. The van der Waals surface area contributed by atoms with E-state index in [9.17, 15) is 13.2 Å². The molecule has 0 radical (unpaired) electrons. The van der Waals surface area contributed by atoms with Crippen molar-refractivity contribution >= 4 is 15.9 Å². The van der Waals surface area contributed by atoms with E-state index in [0.29, 0.717) is 32.1 Å². The molecule has 1 aliphatic heterocycles. The van der Waals surface area contributed by atoms with E-state index in [0.717, 1.165) is 12.8 Å². The molecule has 0 aromatic heterocycles. The smallest absolute Gasteiger partial charge is 0.239 e. The quantitative estimate of drug-likeness (QED) is 0.762. The van der Waals surface area contributed by atoms with Crippen molar-refractivity contribution in [3.8, 4) is 0 Å². The van der Waals surface area contributed by atoms with Gasteiger partial charge in [0.2, 0.25) is 15.9 Å². The number of sulfonamides is 1. The largest absolute Gasteiger partial charge is 0.342 e. The van der Waals surface area contributed by atoms with E-state index >= 15 is 0 Å². The number of rotatable bonds is 6. The molecular weight excluding hydrogens is 278 g/mol. The summed E-state index contributed by atoms with van der Waals surface area (Å²) >= 11 is 0. The maximum absolute atomic E-state index is 12.1. The second-order valence-corrected chi connectivity index (χ2v) is 7.39. The fraction of sp³-hybridized carbons (Fsp3) is 0.923. The monoisotopic (exact) mass is 305 g/mol. The Bertz CT molecular complexity index is 411. The zero-order chi connectivity index (χ0) is 15.3. The Morgan fingerprint density at radius 3 is 2.20 bits per heavy atom. The van der Waals surface area contributed by atoms with Crippen LogP contribution < -0.4 is 5.73 Å². The first-order valence-corrected chi connectivity index (χ1v) is 8.93. The van der Waals surface area contributed by atoms with E-state index in [1.807, 2.05) is 6.92 Å². The van der Waals surface area contributed by atoms with Gasteiger partial charge in [-0.15, -0.1) is 0 Å². The summed E-state index contributed by atoms with van der Waals surface area (Å²) in [5, 5.41) is 0. The van der Waals surface area contributed by atoms with Gasteiger partial charge >= 0.3 is 0 Å². The van der Waals surface area contributed by atoms with Crippen LogP contribution in [0.2, 0.25) is 0 Å². The molecule has 0 saturated carbocycles. The van der Waals surface area contributed by atoms with E-state index in [2.05, 4.69) is 0 Å². The van der Waals surface area contributed by atoms with Crippen LogP contribution >= 0.6 is 0 Å². The predicted octanol–water partition coefficient (Wildman–Crippen LogP) is 0.244. The Kier molecular flexibility index (Phi) is 6.42. The van der Waals surface area contributed by atoms with Crippen LogP contribution in [0.25, 0.3) is 0 Å². The van der Waals surface area contributed by atoms with Crippen LogP contribution in [0.4, 0.5) is 0 Å². The third-order valence-electron chi connectivity index (χ3n) is 4.04. The van der Waals surface area contributed by atoms with E-state index in [4.69, 9.17) is 5.73 Å². The fourth-order valence-electron chi connectivity index (χ4n) is 2.63. The van der Waals surface area contributed by atoms with Gasteiger partial charge in [-0.25, -0.2) is 12.7 Å². The lowest BCUT2D eigenvalue weighted by atomic mass is 9.91. The molecule has 1 fully saturated rings. The average Bonchev–Trinajstić information content (AvgIpc) is 2.39. The number of nitrogens with two attached hydrogens (primary N) is 1. The molecule has 1 saturated heterocycles. The van der Waals surface area contributed by atoms with Gasteiger partial charge in [0.05, 0.1) is 0 Å². The zero-order valence-electron chi connectivity index (χ0n) is 12.7. The van der Waals surface area contributed by atoms with Crippen molar-refractivity contribution in [3.05, 3.63) is 0 Å². The molecule has 1 heterocycles. The van der Waals surface area contributed by atoms with Crippen molar-refractivity contribution in [1.82, 2.24) is 9.21 Å². The van der Waals surface area contributed by atoms with Crippen molar-refractivity contribution < 1.29 is 13.2 Å². The highest BCUT2D eigenvalue weighted by molar-refractivity contribution is 7.89. The Morgan fingerprint density at radius 1 is 1.30 bits per heavy atom. The minimum atomic E-state index is -3.48. The molecule has 0 aromatic carbocycles. The van der Waals surface area contributed by atoms with Crippen molar-refractivity contribution in [2.75, 3.05) is 31.9 Å². The Morgan fingerprint density at radius 2 is 1.80 bits per heavy atom. The Hall–Kier alpha value is -0.660. The van der Waals surface area contributed by atoms with Crippen LogP contribution in [-0.4, -0.2) is 61.5 Å². The number of carbonyl (C=O) groups is 1. The van der Waals surface area contributed by atoms with Gasteiger partial charge < -0.3 is 10.6 Å². The second-order valence-electron chi connectivity index (χ2n) is 5.42. The summed E-state index contributed by atoms with van der Waals surface area (Å²) in [4.78, 5) is 13.8. The van der Waals surface area contributed by atoms with Gasteiger partial charge in [0.25, 0.3) is 0 Å². The normalized spacial score (nSPS) is 19.4. The minimum absolute atomic E-state index is 0.131. The van der Waals surface area contributed by atoms with Crippen molar-refractivity contribution in [3.63, 3.8) is 0 Å². The molecule has 1 aliphatic rings. The van der Waals surface area contributed by atoms with Gasteiger partial charge in [-0.3, -0.25) is 4.79 Å². The van der Waals surface area contributed by atoms with Gasteiger partial charge in [0, 0.05) is 32.2 Å². The van der Waals surface area contributed by atoms with Gasteiger partial charge in [0.15, 0.2) is 0 Å². The van der Waals surface area contributed by atoms with Crippen LogP contribution in [0.15, 0.2) is 0 Å². The van der Waals surface area contributed by atoms with Crippen molar-refractivity contribution in [2.24, 2.45) is 11.7 Å². The lowest BCUT2D eigenvalue weighted by molar-refractivity contribution is -0.129. The molecule has 0 aliphatic carbocycles. The van der Waals surface area contributed by atoms with Crippen LogP contribution in [0.5, 0.6) is 0 Å². The van der Waals surface area contributed by atoms with Crippen LogP contribution in [0.3, 0.4) is 0 Å². The number of likely N-dealkylation sites (tertiary alicyclic amines) is 1. The first-order valence-electron chi connectivity index (χ1n) is 7.33. The SMILES string of the molecule is CCN(CC)S(=O)(=O)CC(=O)N1CCC(C(C)N)CC1. The number of nitrogens with zero attached hydrogens (tertiary/aromatic N) is 2. The van der Waals surface area contributed by atoms with E-state index in [1.165, 1.54) is 4.31 Å². The molecule has 1 rings (SSSR count). The first kappa shape index (κ1) is 17.4. The third-order valence-corrected chi connectivity index (χ3v) is 5.96. The standard InChI is InChI=1S/C13H27N3O3S/c1-4-16(5-2)20(18,19)10-13(17)15-8-6-12(7-9-15)11(3)14/h11-12H,4-10,14H2,1-3H3. The summed E-state index contributed by atoms with van der Waals surface area (Å²) in [6.45, 7) is 7.56. The van der Waals surface area contributed by atoms with Crippen LogP contribution in [0.1, 0.15) is 33.6 Å². The third kappa shape index (κ3) is 4.43. The lowest BCUT2D eigenvalue weighted by Crippen LogP contribution is -2.46. The highest BCUT2D eigenvalue weighted by Gasteiger charge is 2.29. The summed E-state index contributed by atoms with van der Waals surface area (Å²) < 4.78 is 25.5. The molecular formula is C13H27N3O3S. The average molecular weight is 305 g/mol. The highest BCUT2D eigenvalue weighted by atomic mass is 32.2. The van der Waals surface area contributed by atoms with E-state index in [1.54, 1.807) is 18.7 Å². The maximum Gasteiger partial charge on any atom is 0.239 e. The number of carbonyl (C=O) groups excluding carboxylic acids is 1. The van der Waals surface area contributed by atoms with Gasteiger partial charge in [0.1, 0.15) is 5.75 Å². The molecule has 118 valence electrons. The molecule has 0 aromatic rings. The predicted molar refractivity (Wildman–Crippen MR) is 79.7 cm³/mol. The first-order chi connectivity index (χ1) is 9.31. The maximum atomic E-state index is 12.1. The summed E-state index contributed by atoms with van der Waals surface area (Å²) in [7, 11) is -3.48. The number of piperidine rings is 1. The molecule has 0 spiro atoms. The van der Waals surface area contributed by atoms with Gasteiger partial charge in [-0.05, 0) is 25.7 Å². The molecule has 2 N–H and O–H groups in total. The molecule has 6 nitrogen and oxygen atoms in total. The fourth-order valence-corrected chi connectivity index (χ4v) is 4.09. The van der Waals surface area contributed by atoms with Crippen LogP contribution in [0, 0.1) is 5.92 Å². The molecule has 20 heavy (non-hydrogen) atoms. The topological polar surface area (TPSA) is 83.7 Å². The van der Waals surface area contributed by atoms with Crippen LogP contribution in [-0.2, 0) is 14.8 Å². The van der Waals surface area contributed by atoms with E-state index < -0.39 is 15.8 Å². The van der Waals surface area contributed by atoms with Crippen molar-refractivity contribution in [2.45, 2.75) is 39.7 Å². The van der Waals surface area contributed by atoms with Gasteiger partial charge in [-0.1, -0.05) is 13.8 Å². The number of hydrogen-bond acceptors (Lipinski definition) is 4. The molecule has 1 atom stereocenters. The lowest BCUT2D eigenvalue weighted by Gasteiger charge is -2.34. The molecule has 0 bridgehead atoms. The van der Waals surface area contributed by atoms with Crippen molar-refractivity contribution in [1.29, 1.82) is 0 Å². The number of hydrogen-bond donors (Lipinski definition) is 1. The Balaban J connectivity index is 2.56. The summed E-state index contributed by atoms with van der Waals surface area (Å²) in [6, 6.07) is 0.131. The summed E-state index contributed by atoms with van der Waals surface area (Å²) in [6.07, 6.45) is 1.71. The molecule has 1 amide bonds. The minimum Gasteiger partial charge on any atom is -0.342 e. The molecule has 7 heteroatoms. The summed E-state index contributed by atoms with van der Waals surface area (Å²) in [5.74, 6) is -0.282.